The molecule has 1 unspecified atom stereocenters. The van der Waals surface area contributed by atoms with Crippen molar-refractivity contribution in [2.45, 2.75) is 6.04 Å². The smallest absolute Gasteiger partial charge is 0.103 e. The Hall–Kier alpha value is -1.87. The highest BCUT2D eigenvalue weighted by Crippen LogP contribution is 2.28. The standard InChI is InChI=1S/C17H20ClN5/c1-22-5-6-23(2)14(11-22)10-21-17-12(8-19)9-20-16-4-3-13(18)7-15(16)17/h3-4,7,9,14H,5-6,10-11H2,1-2H3,(H,20,21). The van der Waals surface area contributed by atoms with Gasteiger partial charge in [-0.3, -0.25) is 9.88 Å². The highest BCUT2D eigenvalue weighted by Gasteiger charge is 2.22. The maximum absolute atomic E-state index is 9.40. The zero-order valence-electron chi connectivity index (χ0n) is 13.4. The van der Waals surface area contributed by atoms with Gasteiger partial charge in [-0.05, 0) is 32.3 Å². The zero-order chi connectivity index (χ0) is 16.4. The van der Waals surface area contributed by atoms with Crippen LogP contribution in [0.2, 0.25) is 5.02 Å². The van der Waals surface area contributed by atoms with E-state index < -0.39 is 0 Å². The van der Waals surface area contributed by atoms with Crippen molar-refractivity contribution < 1.29 is 0 Å². The van der Waals surface area contributed by atoms with Gasteiger partial charge in [0.05, 0.1) is 16.8 Å². The highest BCUT2D eigenvalue weighted by molar-refractivity contribution is 6.31. The molecule has 1 aliphatic rings. The normalized spacial score (nSPS) is 19.7. The average molecular weight is 330 g/mol. The number of rotatable bonds is 3. The number of hydrogen-bond acceptors (Lipinski definition) is 5. The second-order valence-corrected chi connectivity index (χ2v) is 6.53. The second kappa shape index (κ2) is 6.71. The lowest BCUT2D eigenvalue weighted by molar-refractivity contribution is 0.122. The van der Waals surface area contributed by atoms with Gasteiger partial charge in [0, 0.05) is 48.8 Å². The number of fused-ring (bicyclic) bond motifs is 1. The van der Waals surface area contributed by atoms with Crippen LogP contribution < -0.4 is 5.32 Å². The fourth-order valence-electron chi connectivity index (χ4n) is 2.98. The van der Waals surface area contributed by atoms with E-state index in [2.05, 4.69) is 40.3 Å². The first-order chi connectivity index (χ1) is 11.1. The predicted molar refractivity (Wildman–Crippen MR) is 93.9 cm³/mol. The van der Waals surface area contributed by atoms with Crippen molar-refractivity contribution in [1.29, 1.82) is 5.26 Å². The fourth-order valence-corrected chi connectivity index (χ4v) is 3.15. The first-order valence-corrected chi connectivity index (χ1v) is 8.07. The van der Waals surface area contributed by atoms with Gasteiger partial charge in [-0.25, -0.2) is 0 Å². The van der Waals surface area contributed by atoms with Crippen LogP contribution in [0.3, 0.4) is 0 Å². The molecule has 2 heterocycles. The maximum atomic E-state index is 9.40. The van der Waals surface area contributed by atoms with Gasteiger partial charge in [0.25, 0.3) is 0 Å². The summed E-state index contributed by atoms with van der Waals surface area (Å²) in [6.07, 6.45) is 1.62. The molecule has 0 bridgehead atoms. The van der Waals surface area contributed by atoms with E-state index in [1.165, 1.54) is 0 Å². The van der Waals surface area contributed by atoms with Crippen LogP contribution in [0.5, 0.6) is 0 Å². The van der Waals surface area contributed by atoms with Gasteiger partial charge in [-0.15, -0.1) is 0 Å². The van der Waals surface area contributed by atoms with E-state index in [9.17, 15) is 5.26 Å². The molecule has 5 nitrogen and oxygen atoms in total. The summed E-state index contributed by atoms with van der Waals surface area (Å²) in [5.74, 6) is 0. The largest absolute Gasteiger partial charge is 0.382 e. The fraction of sp³-hybridized carbons (Fsp3) is 0.412. The Bertz CT molecular complexity index is 754. The van der Waals surface area contributed by atoms with E-state index in [-0.39, 0.29) is 0 Å². The number of nitrogens with zero attached hydrogens (tertiary/aromatic N) is 4. The van der Waals surface area contributed by atoms with Crippen LogP contribution in [0.1, 0.15) is 5.56 Å². The molecule has 3 rings (SSSR count). The van der Waals surface area contributed by atoms with Gasteiger partial charge in [-0.2, -0.15) is 5.26 Å². The molecule has 0 saturated carbocycles. The van der Waals surface area contributed by atoms with Crippen molar-refractivity contribution >= 4 is 28.2 Å². The third-order valence-corrected chi connectivity index (χ3v) is 4.68. The summed E-state index contributed by atoms with van der Waals surface area (Å²) in [5.41, 5.74) is 2.21. The van der Waals surface area contributed by atoms with Crippen LogP contribution in [0.15, 0.2) is 24.4 Å². The molecule has 1 fully saturated rings. The molecule has 1 N–H and O–H groups in total. The Labute approximate surface area is 141 Å². The molecule has 0 aliphatic carbocycles. The minimum absolute atomic E-state index is 0.405. The minimum atomic E-state index is 0.405. The van der Waals surface area contributed by atoms with Gasteiger partial charge >= 0.3 is 0 Å². The van der Waals surface area contributed by atoms with Crippen LogP contribution in [0, 0.1) is 11.3 Å². The number of benzene rings is 1. The van der Waals surface area contributed by atoms with Gasteiger partial charge in [0.2, 0.25) is 0 Å². The monoisotopic (exact) mass is 329 g/mol. The number of hydrogen-bond donors (Lipinski definition) is 1. The molecule has 23 heavy (non-hydrogen) atoms. The summed E-state index contributed by atoms with van der Waals surface area (Å²) < 4.78 is 0. The Morgan fingerprint density at radius 1 is 1.39 bits per heavy atom. The number of aromatic nitrogens is 1. The molecule has 0 radical (unpaired) electrons. The topological polar surface area (TPSA) is 55.2 Å². The van der Waals surface area contributed by atoms with Crippen molar-refractivity contribution in [3.05, 3.63) is 35.0 Å². The molecule has 0 spiro atoms. The number of pyridine rings is 1. The Kier molecular flexibility index (Phi) is 4.67. The second-order valence-electron chi connectivity index (χ2n) is 6.10. The summed E-state index contributed by atoms with van der Waals surface area (Å²) in [4.78, 5) is 9.02. The molecule has 0 amide bonds. The number of nitrogens with one attached hydrogen (secondary N) is 1. The first-order valence-electron chi connectivity index (χ1n) is 7.69. The molecule has 1 aliphatic heterocycles. The molecule has 1 saturated heterocycles. The van der Waals surface area contributed by atoms with Crippen molar-refractivity contribution in [3.63, 3.8) is 0 Å². The number of nitriles is 1. The molecule has 1 aromatic heterocycles. The van der Waals surface area contributed by atoms with E-state index >= 15 is 0 Å². The maximum Gasteiger partial charge on any atom is 0.103 e. The van der Waals surface area contributed by atoms with E-state index in [0.717, 1.165) is 42.8 Å². The summed E-state index contributed by atoms with van der Waals surface area (Å²) in [7, 11) is 4.29. The van der Waals surface area contributed by atoms with E-state index in [4.69, 9.17) is 11.6 Å². The van der Waals surface area contributed by atoms with Crippen LogP contribution in [-0.4, -0.2) is 61.1 Å². The third kappa shape index (κ3) is 3.40. The lowest BCUT2D eigenvalue weighted by Crippen LogP contribution is -2.52. The quantitative estimate of drug-likeness (QED) is 0.937. The highest BCUT2D eigenvalue weighted by atomic mass is 35.5. The van der Waals surface area contributed by atoms with Crippen molar-refractivity contribution in [1.82, 2.24) is 14.8 Å². The Morgan fingerprint density at radius 3 is 3.00 bits per heavy atom. The molecule has 2 aromatic rings. The summed E-state index contributed by atoms with van der Waals surface area (Å²) in [6.45, 7) is 3.93. The van der Waals surface area contributed by atoms with Crippen LogP contribution in [-0.2, 0) is 0 Å². The third-order valence-electron chi connectivity index (χ3n) is 4.45. The zero-order valence-corrected chi connectivity index (χ0v) is 14.1. The van der Waals surface area contributed by atoms with Crippen LogP contribution in [0.25, 0.3) is 10.9 Å². The van der Waals surface area contributed by atoms with E-state index in [0.29, 0.717) is 16.6 Å². The van der Waals surface area contributed by atoms with Gasteiger partial charge in [0.15, 0.2) is 0 Å². The summed E-state index contributed by atoms with van der Waals surface area (Å²) in [6, 6.07) is 8.19. The Balaban J connectivity index is 1.89. The van der Waals surface area contributed by atoms with Crippen molar-refractivity contribution in [2.24, 2.45) is 0 Å². The van der Waals surface area contributed by atoms with Crippen LogP contribution in [0.4, 0.5) is 5.69 Å². The lowest BCUT2D eigenvalue weighted by Gasteiger charge is -2.38. The van der Waals surface area contributed by atoms with E-state index in [1.54, 1.807) is 6.20 Å². The number of piperazine rings is 1. The number of anilines is 1. The van der Waals surface area contributed by atoms with Gasteiger partial charge in [-0.1, -0.05) is 11.6 Å². The summed E-state index contributed by atoms with van der Waals surface area (Å²) in [5, 5.41) is 14.4. The van der Waals surface area contributed by atoms with Crippen LogP contribution >= 0.6 is 11.6 Å². The van der Waals surface area contributed by atoms with Gasteiger partial charge in [0.1, 0.15) is 6.07 Å². The molecular formula is C17H20ClN5. The first kappa shape index (κ1) is 16.0. The molecule has 120 valence electrons. The predicted octanol–water partition coefficient (Wildman–Crippen LogP) is 2.42. The molecule has 1 aromatic carbocycles. The number of likely N-dealkylation sites (N-methyl/N-ethyl adjacent to an activating group) is 2. The number of halogens is 1. The van der Waals surface area contributed by atoms with Gasteiger partial charge < -0.3 is 10.2 Å². The lowest BCUT2D eigenvalue weighted by atomic mass is 10.1. The van der Waals surface area contributed by atoms with Crippen molar-refractivity contribution in [3.8, 4) is 6.07 Å². The molecule has 6 heteroatoms. The summed E-state index contributed by atoms with van der Waals surface area (Å²) >= 11 is 6.12. The van der Waals surface area contributed by atoms with E-state index in [1.807, 2.05) is 18.2 Å². The van der Waals surface area contributed by atoms with Crippen molar-refractivity contribution in [2.75, 3.05) is 45.6 Å². The average Bonchev–Trinajstić information content (AvgIpc) is 2.55. The SMILES string of the molecule is CN1CCN(C)C(CNc2c(C#N)cnc3ccc(Cl)cc23)C1. The Morgan fingerprint density at radius 2 is 2.22 bits per heavy atom. The minimum Gasteiger partial charge on any atom is -0.382 e. The molecular weight excluding hydrogens is 310 g/mol. The molecule has 1 atom stereocenters.